The van der Waals surface area contributed by atoms with Gasteiger partial charge in [0.05, 0.1) is 21.0 Å². The van der Waals surface area contributed by atoms with Gasteiger partial charge in [-0.1, -0.05) is 0 Å². The van der Waals surface area contributed by atoms with Gasteiger partial charge < -0.3 is 0 Å². The summed E-state index contributed by atoms with van der Waals surface area (Å²) >= 11 is 11.4. The van der Waals surface area contributed by atoms with Crippen LogP contribution in [0, 0.1) is 0 Å². The fourth-order valence-electron chi connectivity index (χ4n) is 1.14. The summed E-state index contributed by atoms with van der Waals surface area (Å²) in [6, 6.07) is 3.93. The predicted molar refractivity (Wildman–Crippen MR) is 75.0 cm³/mol. The second kappa shape index (κ2) is 5.12. The van der Waals surface area contributed by atoms with Crippen molar-refractivity contribution in [1.29, 1.82) is 0 Å². The SMILES string of the molecule is O=c1c(Br)c(Br)cnn1Cc1ccc(Br)s1. The average molecular weight is 429 g/mol. The molecule has 0 aliphatic rings. The third kappa shape index (κ3) is 2.64. The van der Waals surface area contributed by atoms with Gasteiger partial charge in [-0.25, -0.2) is 4.68 Å². The van der Waals surface area contributed by atoms with Gasteiger partial charge in [0.2, 0.25) is 0 Å². The van der Waals surface area contributed by atoms with Crippen LogP contribution in [0.4, 0.5) is 0 Å². The zero-order valence-corrected chi connectivity index (χ0v) is 13.4. The number of hydrogen-bond acceptors (Lipinski definition) is 3. The highest BCUT2D eigenvalue weighted by molar-refractivity contribution is 9.13. The second-order valence-corrected chi connectivity index (χ2v) is 7.17. The van der Waals surface area contributed by atoms with E-state index >= 15 is 0 Å². The standard InChI is InChI=1S/C9H5Br3N2OS/c10-6-3-13-14(9(15)8(6)12)4-5-1-2-7(11)16-5/h1-3H,4H2. The monoisotopic (exact) mass is 426 g/mol. The normalized spacial score (nSPS) is 10.7. The Bertz CT molecular complexity index is 578. The summed E-state index contributed by atoms with van der Waals surface area (Å²) in [5.41, 5.74) is -0.140. The Morgan fingerprint density at radius 3 is 2.69 bits per heavy atom. The van der Waals surface area contributed by atoms with Crippen LogP contribution in [0.25, 0.3) is 0 Å². The highest BCUT2D eigenvalue weighted by atomic mass is 79.9. The molecule has 0 aromatic carbocycles. The number of rotatable bonds is 2. The van der Waals surface area contributed by atoms with Gasteiger partial charge in [-0.15, -0.1) is 11.3 Å². The molecular formula is C9H5Br3N2OS. The van der Waals surface area contributed by atoms with Crippen molar-refractivity contribution in [2.75, 3.05) is 0 Å². The van der Waals surface area contributed by atoms with Crippen LogP contribution < -0.4 is 5.56 Å². The molecule has 0 bridgehead atoms. The topological polar surface area (TPSA) is 34.9 Å². The van der Waals surface area contributed by atoms with Crippen molar-refractivity contribution >= 4 is 59.1 Å². The summed E-state index contributed by atoms with van der Waals surface area (Å²) in [5.74, 6) is 0. The quantitative estimate of drug-likeness (QED) is 0.732. The minimum absolute atomic E-state index is 0.140. The molecule has 0 N–H and O–H groups in total. The van der Waals surface area contributed by atoms with E-state index in [4.69, 9.17) is 0 Å². The molecule has 0 aliphatic heterocycles. The number of thiophene rings is 1. The van der Waals surface area contributed by atoms with E-state index in [9.17, 15) is 4.79 Å². The summed E-state index contributed by atoms with van der Waals surface area (Å²) < 4.78 is 3.64. The molecule has 0 saturated heterocycles. The largest absolute Gasteiger partial charge is 0.282 e. The van der Waals surface area contributed by atoms with Crippen molar-refractivity contribution in [3.05, 3.63) is 46.3 Å². The van der Waals surface area contributed by atoms with Crippen LogP contribution in [0.1, 0.15) is 4.88 Å². The van der Waals surface area contributed by atoms with E-state index < -0.39 is 0 Å². The number of aromatic nitrogens is 2. The average Bonchev–Trinajstić information content (AvgIpc) is 2.65. The first kappa shape index (κ1) is 12.5. The molecule has 0 aliphatic carbocycles. The fraction of sp³-hybridized carbons (Fsp3) is 0.111. The zero-order valence-electron chi connectivity index (χ0n) is 7.78. The minimum Gasteiger partial charge on any atom is -0.266 e. The van der Waals surface area contributed by atoms with E-state index in [1.54, 1.807) is 17.5 Å². The van der Waals surface area contributed by atoms with E-state index in [1.807, 2.05) is 12.1 Å². The first-order valence-electron chi connectivity index (χ1n) is 4.23. The molecule has 0 fully saturated rings. The first-order valence-corrected chi connectivity index (χ1v) is 7.43. The van der Waals surface area contributed by atoms with E-state index in [0.717, 1.165) is 8.66 Å². The third-order valence-corrected chi connectivity index (χ3v) is 5.38. The Balaban J connectivity index is 2.36. The highest BCUT2D eigenvalue weighted by Crippen LogP contribution is 2.23. The van der Waals surface area contributed by atoms with Gasteiger partial charge in [-0.2, -0.15) is 5.10 Å². The first-order chi connectivity index (χ1) is 7.58. The molecule has 2 rings (SSSR count). The van der Waals surface area contributed by atoms with E-state index in [1.165, 1.54) is 4.68 Å². The molecule has 0 atom stereocenters. The van der Waals surface area contributed by atoms with Crippen molar-refractivity contribution in [3.63, 3.8) is 0 Å². The summed E-state index contributed by atoms with van der Waals surface area (Å²) in [6.07, 6.45) is 1.61. The van der Waals surface area contributed by atoms with E-state index in [0.29, 0.717) is 15.5 Å². The molecule has 0 radical (unpaired) electrons. The lowest BCUT2D eigenvalue weighted by Gasteiger charge is -2.03. The molecule has 0 unspecified atom stereocenters. The van der Waals surface area contributed by atoms with Crippen LogP contribution in [0.5, 0.6) is 0 Å². The minimum atomic E-state index is -0.140. The fourth-order valence-corrected chi connectivity index (χ4v) is 3.18. The molecule has 2 aromatic heterocycles. The molecule has 0 saturated carbocycles. The molecule has 7 heteroatoms. The Kier molecular flexibility index (Phi) is 3.99. The maximum absolute atomic E-state index is 11.8. The van der Waals surface area contributed by atoms with Gasteiger partial charge in [-0.3, -0.25) is 4.79 Å². The Morgan fingerprint density at radius 2 is 2.06 bits per heavy atom. The van der Waals surface area contributed by atoms with Crippen LogP contribution in [-0.2, 0) is 6.54 Å². The van der Waals surface area contributed by atoms with Gasteiger partial charge in [-0.05, 0) is 59.9 Å². The lowest BCUT2D eigenvalue weighted by Crippen LogP contribution is -2.23. The molecule has 3 nitrogen and oxygen atoms in total. The summed E-state index contributed by atoms with van der Waals surface area (Å²) in [7, 11) is 0. The van der Waals surface area contributed by atoms with Crippen molar-refractivity contribution in [3.8, 4) is 0 Å². The molecule has 2 aromatic rings. The smallest absolute Gasteiger partial charge is 0.266 e. The summed E-state index contributed by atoms with van der Waals surface area (Å²) in [4.78, 5) is 12.9. The lowest BCUT2D eigenvalue weighted by atomic mass is 10.4. The Labute approximate surface area is 121 Å². The third-order valence-electron chi connectivity index (χ3n) is 1.88. The zero-order chi connectivity index (χ0) is 11.7. The maximum Gasteiger partial charge on any atom is 0.282 e. The molecule has 16 heavy (non-hydrogen) atoms. The van der Waals surface area contributed by atoms with Crippen LogP contribution in [0.15, 0.2) is 35.9 Å². The molecular weight excluding hydrogens is 424 g/mol. The van der Waals surface area contributed by atoms with Gasteiger partial charge >= 0.3 is 0 Å². The maximum atomic E-state index is 11.8. The van der Waals surface area contributed by atoms with Gasteiger partial charge in [0.25, 0.3) is 5.56 Å². The van der Waals surface area contributed by atoms with Crippen molar-refractivity contribution in [2.24, 2.45) is 0 Å². The molecule has 84 valence electrons. The number of nitrogens with zero attached hydrogens (tertiary/aromatic N) is 2. The second-order valence-electron chi connectivity index (χ2n) is 2.98. The van der Waals surface area contributed by atoms with Gasteiger partial charge in [0, 0.05) is 4.88 Å². The Morgan fingerprint density at radius 1 is 1.31 bits per heavy atom. The summed E-state index contributed by atoms with van der Waals surface area (Å²) in [5, 5.41) is 4.06. The number of hydrogen-bond donors (Lipinski definition) is 0. The van der Waals surface area contributed by atoms with Crippen molar-refractivity contribution < 1.29 is 0 Å². The number of halogens is 3. The Hall–Kier alpha value is 0.0200. The lowest BCUT2D eigenvalue weighted by molar-refractivity contribution is 0.639. The predicted octanol–water partition coefficient (Wildman–Crippen LogP) is 3.64. The van der Waals surface area contributed by atoms with Gasteiger partial charge in [0.1, 0.15) is 4.47 Å². The van der Waals surface area contributed by atoms with Gasteiger partial charge in [0.15, 0.2) is 0 Å². The molecule has 0 amide bonds. The van der Waals surface area contributed by atoms with Crippen LogP contribution in [0.3, 0.4) is 0 Å². The van der Waals surface area contributed by atoms with Crippen molar-refractivity contribution in [2.45, 2.75) is 6.54 Å². The molecule has 2 heterocycles. The highest BCUT2D eigenvalue weighted by Gasteiger charge is 2.07. The summed E-state index contributed by atoms with van der Waals surface area (Å²) in [6.45, 7) is 0.487. The molecule has 0 spiro atoms. The van der Waals surface area contributed by atoms with Crippen LogP contribution >= 0.6 is 59.1 Å². The van der Waals surface area contributed by atoms with Crippen LogP contribution in [0.2, 0.25) is 0 Å². The van der Waals surface area contributed by atoms with Crippen LogP contribution in [-0.4, -0.2) is 9.78 Å². The van der Waals surface area contributed by atoms with E-state index in [2.05, 4.69) is 52.9 Å². The van der Waals surface area contributed by atoms with Crippen molar-refractivity contribution in [1.82, 2.24) is 9.78 Å². The van der Waals surface area contributed by atoms with E-state index in [-0.39, 0.29) is 5.56 Å².